The van der Waals surface area contributed by atoms with Crippen LogP contribution in [0.5, 0.6) is 0 Å². The van der Waals surface area contributed by atoms with Crippen molar-refractivity contribution in [2.75, 3.05) is 19.8 Å². The summed E-state index contributed by atoms with van der Waals surface area (Å²) in [4.78, 5) is 6.72. The molecule has 0 saturated carbocycles. The second kappa shape index (κ2) is 3.44. The molecule has 2 aliphatic heterocycles. The van der Waals surface area contributed by atoms with Crippen LogP contribution in [0.25, 0.3) is 0 Å². The maximum Gasteiger partial charge on any atom is 0.0857 e. The van der Waals surface area contributed by atoms with Crippen LogP contribution in [-0.2, 0) is 4.74 Å². The van der Waals surface area contributed by atoms with E-state index in [-0.39, 0.29) is 0 Å². The van der Waals surface area contributed by atoms with Gasteiger partial charge in [0, 0.05) is 25.8 Å². The van der Waals surface area contributed by atoms with Gasteiger partial charge in [-0.25, -0.2) is 0 Å². The first-order valence-corrected chi connectivity index (χ1v) is 4.73. The molecular weight excluding hydrogens is 152 g/mol. The lowest BCUT2D eigenvalue weighted by Crippen LogP contribution is -2.38. The van der Waals surface area contributed by atoms with E-state index < -0.39 is 0 Å². The van der Waals surface area contributed by atoms with E-state index in [9.17, 15) is 0 Å². The summed E-state index contributed by atoms with van der Waals surface area (Å²) in [6, 6.07) is 1.18. The number of hydrogen-bond donors (Lipinski definition) is 0. The Balaban J connectivity index is 1.87. The fourth-order valence-electron chi connectivity index (χ4n) is 1.86. The van der Waals surface area contributed by atoms with Gasteiger partial charge in [-0.1, -0.05) is 0 Å². The lowest BCUT2D eigenvalue weighted by Gasteiger charge is -2.30. The first-order valence-electron chi connectivity index (χ1n) is 4.73. The molecule has 0 aromatic heterocycles. The molecule has 2 heterocycles. The Hall–Kier alpha value is -0.570. The maximum absolute atomic E-state index is 5.31. The molecule has 1 fully saturated rings. The third kappa shape index (κ3) is 1.61. The number of rotatable bonds is 1. The van der Waals surface area contributed by atoms with Crippen LogP contribution in [0, 0.1) is 0 Å². The maximum atomic E-state index is 5.31. The SMILES string of the molecule is CC1CN(C2CCOCC2)C=N1. The van der Waals surface area contributed by atoms with Gasteiger partial charge in [0.25, 0.3) is 0 Å². The summed E-state index contributed by atoms with van der Waals surface area (Å²) in [5.74, 6) is 0. The van der Waals surface area contributed by atoms with Gasteiger partial charge in [0.15, 0.2) is 0 Å². The van der Waals surface area contributed by atoms with Crippen LogP contribution in [0.4, 0.5) is 0 Å². The average molecular weight is 168 g/mol. The summed E-state index contributed by atoms with van der Waals surface area (Å²) in [6.45, 7) is 5.10. The largest absolute Gasteiger partial charge is 0.381 e. The Morgan fingerprint density at radius 1 is 1.42 bits per heavy atom. The third-order valence-electron chi connectivity index (χ3n) is 2.60. The summed E-state index contributed by atoms with van der Waals surface area (Å²) in [6.07, 6.45) is 4.35. The van der Waals surface area contributed by atoms with E-state index in [1.807, 2.05) is 6.34 Å². The fraction of sp³-hybridized carbons (Fsp3) is 0.889. The zero-order valence-electron chi connectivity index (χ0n) is 7.57. The van der Waals surface area contributed by atoms with Crippen LogP contribution in [-0.4, -0.2) is 43.1 Å². The molecule has 0 radical (unpaired) electrons. The normalized spacial score (nSPS) is 31.4. The molecule has 0 bridgehead atoms. The van der Waals surface area contributed by atoms with Crippen molar-refractivity contribution in [2.45, 2.75) is 31.8 Å². The van der Waals surface area contributed by atoms with Gasteiger partial charge in [-0.3, -0.25) is 4.99 Å². The third-order valence-corrected chi connectivity index (χ3v) is 2.60. The molecule has 1 saturated heterocycles. The standard InChI is InChI=1S/C9H16N2O/c1-8-6-11(7-10-8)9-2-4-12-5-3-9/h7-9H,2-6H2,1H3. The van der Waals surface area contributed by atoms with Crippen LogP contribution < -0.4 is 0 Å². The highest BCUT2D eigenvalue weighted by Crippen LogP contribution is 2.16. The van der Waals surface area contributed by atoms with Gasteiger partial charge in [-0.2, -0.15) is 0 Å². The Labute approximate surface area is 73.4 Å². The molecule has 68 valence electrons. The number of nitrogens with zero attached hydrogens (tertiary/aromatic N) is 2. The second-order valence-corrected chi connectivity index (χ2v) is 3.65. The summed E-state index contributed by atoms with van der Waals surface area (Å²) in [5, 5.41) is 0. The van der Waals surface area contributed by atoms with Gasteiger partial charge in [-0.15, -0.1) is 0 Å². The zero-order valence-corrected chi connectivity index (χ0v) is 7.57. The van der Waals surface area contributed by atoms with Crippen LogP contribution in [0.1, 0.15) is 19.8 Å². The first-order chi connectivity index (χ1) is 5.86. The molecule has 0 aliphatic carbocycles. The molecule has 2 rings (SSSR count). The van der Waals surface area contributed by atoms with Crippen molar-refractivity contribution in [3.8, 4) is 0 Å². The van der Waals surface area contributed by atoms with Crippen LogP contribution in [0.2, 0.25) is 0 Å². The van der Waals surface area contributed by atoms with Crippen LogP contribution in [0.3, 0.4) is 0 Å². The van der Waals surface area contributed by atoms with Gasteiger partial charge in [0.1, 0.15) is 0 Å². The van der Waals surface area contributed by atoms with E-state index in [1.54, 1.807) is 0 Å². The van der Waals surface area contributed by atoms with Crippen LogP contribution >= 0.6 is 0 Å². The Bertz CT molecular complexity index is 175. The van der Waals surface area contributed by atoms with Gasteiger partial charge < -0.3 is 9.64 Å². The molecule has 3 nitrogen and oxygen atoms in total. The zero-order chi connectivity index (χ0) is 8.39. The molecule has 0 aromatic rings. The van der Waals surface area contributed by atoms with E-state index >= 15 is 0 Å². The Morgan fingerprint density at radius 2 is 2.17 bits per heavy atom. The van der Waals surface area contributed by atoms with Crippen molar-refractivity contribution in [3.05, 3.63) is 0 Å². The molecule has 1 unspecified atom stereocenters. The van der Waals surface area contributed by atoms with Crippen molar-refractivity contribution in [1.29, 1.82) is 0 Å². The molecule has 3 heteroatoms. The minimum atomic E-state index is 0.493. The highest BCUT2D eigenvalue weighted by atomic mass is 16.5. The van der Waals surface area contributed by atoms with Gasteiger partial charge >= 0.3 is 0 Å². The minimum Gasteiger partial charge on any atom is -0.381 e. The Morgan fingerprint density at radius 3 is 2.75 bits per heavy atom. The molecule has 12 heavy (non-hydrogen) atoms. The molecule has 2 aliphatic rings. The Kier molecular flexibility index (Phi) is 2.30. The average Bonchev–Trinajstić information content (AvgIpc) is 2.54. The molecule has 0 aromatic carbocycles. The summed E-state index contributed by atoms with van der Waals surface area (Å²) < 4.78 is 5.31. The number of hydrogen-bond acceptors (Lipinski definition) is 3. The second-order valence-electron chi connectivity index (χ2n) is 3.65. The predicted molar refractivity (Wildman–Crippen MR) is 48.5 cm³/mol. The monoisotopic (exact) mass is 168 g/mol. The van der Waals surface area contributed by atoms with Gasteiger partial charge in [0.05, 0.1) is 12.4 Å². The van der Waals surface area contributed by atoms with Gasteiger partial charge in [-0.05, 0) is 19.8 Å². The van der Waals surface area contributed by atoms with E-state index in [1.165, 1.54) is 12.8 Å². The summed E-state index contributed by atoms with van der Waals surface area (Å²) in [5.41, 5.74) is 0. The lowest BCUT2D eigenvalue weighted by atomic mass is 10.1. The van der Waals surface area contributed by atoms with E-state index in [4.69, 9.17) is 4.74 Å². The van der Waals surface area contributed by atoms with E-state index in [2.05, 4.69) is 16.8 Å². The van der Waals surface area contributed by atoms with E-state index in [0.29, 0.717) is 12.1 Å². The smallest absolute Gasteiger partial charge is 0.0857 e. The van der Waals surface area contributed by atoms with Crippen LogP contribution in [0.15, 0.2) is 4.99 Å². The van der Waals surface area contributed by atoms with Crippen molar-refractivity contribution in [2.24, 2.45) is 4.99 Å². The molecule has 0 spiro atoms. The number of aliphatic imine (C=N–C) groups is 1. The minimum absolute atomic E-state index is 0.493. The van der Waals surface area contributed by atoms with Crippen molar-refractivity contribution in [1.82, 2.24) is 4.90 Å². The molecular formula is C9H16N2O. The number of ether oxygens (including phenoxy) is 1. The van der Waals surface area contributed by atoms with Gasteiger partial charge in [0.2, 0.25) is 0 Å². The van der Waals surface area contributed by atoms with E-state index in [0.717, 1.165) is 19.8 Å². The fourth-order valence-corrected chi connectivity index (χ4v) is 1.86. The lowest BCUT2D eigenvalue weighted by molar-refractivity contribution is 0.0577. The van der Waals surface area contributed by atoms with Crippen molar-refractivity contribution >= 4 is 6.34 Å². The topological polar surface area (TPSA) is 24.8 Å². The summed E-state index contributed by atoms with van der Waals surface area (Å²) in [7, 11) is 0. The predicted octanol–water partition coefficient (Wildman–Crippen LogP) is 0.898. The highest BCUT2D eigenvalue weighted by molar-refractivity contribution is 5.58. The molecule has 0 amide bonds. The van der Waals surface area contributed by atoms with Crippen molar-refractivity contribution < 1.29 is 4.74 Å². The first kappa shape index (κ1) is 8.05. The molecule has 0 N–H and O–H groups in total. The summed E-state index contributed by atoms with van der Waals surface area (Å²) >= 11 is 0. The molecule has 1 atom stereocenters. The quantitative estimate of drug-likeness (QED) is 0.581. The highest BCUT2D eigenvalue weighted by Gasteiger charge is 2.23. The van der Waals surface area contributed by atoms with Crippen molar-refractivity contribution in [3.63, 3.8) is 0 Å².